The zero-order valence-electron chi connectivity index (χ0n) is 8.84. The highest BCUT2D eigenvalue weighted by Gasteiger charge is 2.24. The lowest BCUT2D eigenvalue weighted by Gasteiger charge is -2.30. The van der Waals surface area contributed by atoms with E-state index in [1.807, 2.05) is 6.92 Å². The summed E-state index contributed by atoms with van der Waals surface area (Å²) < 4.78 is 5.81. The second kappa shape index (κ2) is 6.44. The van der Waals surface area contributed by atoms with Crippen LogP contribution in [-0.4, -0.2) is 19.3 Å². The van der Waals surface area contributed by atoms with Crippen LogP contribution in [0.25, 0.3) is 0 Å². The molecule has 1 fully saturated rings. The van der Waals surface area contributed by atoms with Gasteiger partial charge in [0.25, 0.3) is 0 Å². The molecular weight excluding hydrogens is 198 g/mol. The lowest BCUT2D eigenvalue weighted by molar-refractivity contribution is 0.00391. The van der Waals surface area contributed by atoms with Crippen LogP contribution in [0, 0.1) is 5.92 Å². The van der Waals surface area contributed by atoms with E-state index < -0.39 is 0 Å². The molecule has 0 saturated heterocycles. The van der Waals surface area contributed by atoms with Gasteiger partial charge in [-0.15, -0.1) is 0 Å². The van der Waals surface area contributed by atoms with Crippen LogP contribution in [0.4, 0.5) is 0 Å². The molecule has 0 aromatic carbocycles. The molecule has 3 heteroatoms. The van der Waals surface area contributed by atoms with E-state index in [0.717, 1.165) is 18.5 Å². The van der Waals surface area contributed by atoms with Gasteiger partial charge in [-0.1, -0.05) is 24.4 Å². The third-order valence-electron chi connectivity index (χ3n) is 2.85. The first kappa shape index (κ1) is 12.0. The normalized spacial score (nSPS) is 29.2. The smallest absolute Gasteiger partial charge is 0.0689 e. The van der Waals surface area contributed by atoms with Gasteiger partial charge in [-0.3, -0.25) is 0 Å². The van der Waals surface area contributed by atoms with Crippen LogP contribution >= 0.6 is 11.6 Å². The maximum absolute atomic E-state index is 5.81. The Morgan fingerprint density at radius 2 is 2.21 bits per heavy atom. The summed E-state index contributed by atoms with van der Waals surface area (Å²) in [5.41, 5.74) is 8.37. The SMILES string of the molecule is CC(=CCl)COC1CCCCC1CN. The van der Waals surface area contributed by atoms with Gasteiger partial charge in [0.2, 0.25) is 0 Å². The standard InChI is InChI=1S/C11H20ClNO/c1-9(6-12)8-14-11-5-3-2-4-10(11)7-13/h6,10-11H,2-5,7-8,13H2,1H3. The fourth-order valence-electron chi connectivity index (χ4n) is 1.93. The van der Waals surface area contributed by atoms with E-state index in [9.17, 15) is 0 Å². The second-order valence-corrected chi connectivity index (χ2v) is 4.30. The summed E-state index contributed by atoms with van der Waals surface area (Å²) in [4.78, 5) is 0. The van der Waals surface area contributed by atoms with E-state index in [2.05, 4.69) is 0 Å². The molecule has 2 unspecified atom stereocenters. The molecule has 2 N–H and O–H groups in total. The summed E-state index contributed by atoms with van der Waals surface area (Å²) in [7, 11) is 0. The molecule has 0 radical (unpaired) electrons. The van der Waals surface area contributed by atoms with E-state index >= 15 is 0 Å². The average molecular weight is 218 g/mol. The number of hydrogen-bond donors (Lipinski definition) is 1. The van der Waals surface area contributed by atoms with Crippen molar-refractivity contribution < 1.29 is 4.74 Å². The summed E-state index contributed by atoms with van der Waals surface area (Å²) >= 11 is 5.57. The van der Waals surface area contributed by atoms with Gasteiger partial charge in [0.05, 0.1) is 12.7 Å². The maximum atomic E-state index is 5.81. The predicted molar refractivity (Wildman–Crippen MR) is 60.4 cm³/mol. The van der Waals surface area contributed by atoms with Crippen LogP contribution in [0.1, 0.15) is 32.6 Å². The Bertz CT molecular complexity index is 194. The van der Waals surface area contributed by atoms with Crippen molar-refractivity contribution in [1.29, 1.82) is 0 Å². The third kappa shape index (κ3) is 3.60. The fourth-order valence-corrected chi connectivity index (χ4v) is 2.00. The minimum absolute atomic E-state index is 0.348. The lowest BCUT2D eigenvalue weighted by atomic mass is 9.86. The first-order chi connectivity index (χ1) is 6.77. The second-order valence-electron chi connectivity index (χ2n) is 4.09. The van der Waals surface area contributed by atoms with Crippen molar-refractivity contribution in [2.24, 2.45) is 11.7 Å². The van der Waals surface area contributed by atoms with Gasteiger partial charge in [0.1, 0.15) is 0 Å². The number of ether oxygens (including phenoxy) is 1. The van der Waals surface area contributed by atoms with Gasteiger partial charge in [0.15, 0.2) is 0 Å². The van der Waals surface area contributed by atoms with Crippen molar-refractivity contribution in [1.82, 2.24) is 0 Å². The zero-order valence-corrected chi connectivity index (χ0v) is 9.59. The minimum Gasteiger partial charge on any atom is -0.374 e. The van der Waals surface area contributed by atoms with Gasteiger partial charge in [-0.25, -0.2) is 0 Å². The van der Waals surface area contributed by atoms with Crippen molar-refractivity contribution >= 4 is 11.6 Å². The Morgan fingerprint density at radius 1 is 1.50 bits per heavy atom. The molecule has 1 saturated carbocycles. The Morgan fingerprint density at radius 3 is 2.86 bits per heavy atom. The minimum atomic E-state index is 0.348. The molecule has 2 nitrogen and oxygen atoms in total. The molecule has 0 heterocycles. The number of hydrogen-bond acceptors (Lipinski definition) is 2. The highest BCUT2D eigenvalue weighted by molar-refractivity contribution is 6.25. The fraction of sp³-hybridized carbons (Fsp3) is 0.818. The van der Waals surface area contributed by atoms with E-state index in [-0.39, 0.29) is 0 Å². The number of rotatable bonds is 4. The van der Waals surface area contributed by atoms with Crippen LogP contribution < -0.4 is 5.73 Å². The molecule has 1 aliphatic carbocycles. The van der Waals surface area contributed by atoms with Crippen LogP contribution in [0.2, 0.25) is 0 Å². The van der Waals surface area contributed by atoms with Crippen LogP contribution in [0.5, 0.6) is 0 Å². The van der Waals surface area contributed by atoms with Gasteiger partial charge < -0.3 is 10.5 Å². The number of nitrogens with two attached hydrogens (primary N) is 1. The molecule has 0 bridgehead atoms. The Kier molecular flexibility index (Phi) is 5.53. The van der Waals surface area contributed by atoms with Crippen LogP contribution in [-0.2, 0) is 4.74 Å². The monoisotopic (exact) mass is 217 g/mol. The lowest BCUT2D eigenvalue weighted by Crippen LogP contribution is -2.33. The van der Waals surface area contributed by atoms with E-state index in [1.165, 1.54) is 19.3 Å². The quantitative estimate of drug-likeness (QED) is 0.786. The molecule has 1 aliphatic rings. The molecule has 0 amide bonds. The van der Waals surface area contributed by atoms with Gasteiger partial charge in [-0.2, -0.15) is 0 Å². The molecule has 1 rings (SSSR count). The zero-order chi connectivity index (χ0) is 10.4. The van der Waals surface area contributed by atoms with Crippen molar-refractivity contribution in [3.05, 3.63) is 11.1 Å². The van der Waals surface area contributed by atoms with Crippen molar-refractivity contribution in [3.63, 3.8) is 0 Å². The first-order valence-corrected chi connectivity index (χ1v) is 5.79. The van der Waals surface area contributed by atoms with E-state index in [1.54, 1.807) is 5.54 Å². The molecular formula is C11H20ClNO. The van der Waals surface area contributed by atoms with Gasteiger partial charge in [-0.05, 0) is 37.8 Å². The molecule has 0 aromatic rings. The molecule has 0 spiro atoms. The Labute approximate surface area is 91.4 Å². The van der Waals surface area contributed by atoms with Crippen LogP contribution in [0.3, 0.4) is 0 Å². The van der Waals surface area contributed by atoms with Crippen molar-refractivity contribution in [2.45, 2.75) is 38.7 Å². The molecule has 82 valence electrons. The Hall–Kier alpha value is -0.0500. The summed E-state index contributed by atoms with van der Waals surface area (Å²) in [5, 5.41) is 0. The molecule has 0 aromatic heterocycles. The number of halogens is 1. The third-order valence-corrected chi connectivity index (χ3v) is 3.23. The van der Waals surface area contributed by atoms with Gasteiger partial charge >= 0.3 is 0 Å². The maximum Gasteiger partial charge on any atom is 0.0689 e. The largest absolute Gasteiger partial charge is 0.374 e. The van der Waals surface area contributed by atoms with Gasteiger partial charge in [0, 0.05) is 5.54 Å². The summed E-state index contributed by atoms with van der Waals surface area (Å²) in [6.07, 6.45) is 5.28. The van der Waals surface area contributed by atoms with Crippen LogP contribution in [0.15, 0.2) is 11.1 Å². The highest BCUT2D eigenvalue weighted by atomic mass is 35.5. The summed E-state index contributed by atoms with van der Waals surface area (Å²) in [6, 6.07) is 0. The Balaban J connectivity index is 2.33. The molecule has 14 heavy (non-hydrogen) atoms. The van der Waals surface area contributed by atoms with Crippen molar-refractivity contribution in [2.75, 3.05) is 13.2 Å². The molecule has 2 atom stereocenters. The first-order valence-electron chi connectivity index (χ1n) is 5.35. The topological polar surface area (TPSA) is 35.2 Å². The van der Waals surface area contributed by atoms with E-state index in [0.29, 0.717) is 18.6 Å². The average Bonchev–Trinajstić information content (AvgIpc) is 2.26. The highest BCUT2D eigenvalue weighted by Crippen LogP contribution is 2.26. The van der Waals surface area contributed by atoms with Crippen molar-refractivity contribution in [3.8, 4) is 0 Å². The summed E-state index contributed by atoms with van der Waals surface area (Å²) in [6.45, 7) is 3.37. The predicted octanol–water partition coefficient (Wildman–Crippen LogP) is 2.66. The molecule has 0 aliphatic heterocycles. The van der Waals surface area contributed by atoms with E-state index in [4.69, 9.17) is 22.1 Å². The summed E-state index contributed by atoms with van der Waals surface area (Å²) in [5.74, 6) is 0.548.